The summed E-state index contributed by atoms with van der Waals surface area (Å²) in [5.74, 6) is 1.69. The van der Waals surface area contributed by atoms with Gasteiger partial charge in [0.05, 0.1) is 7.11 Å². The third-order valence-electron chi connectivity index (χ3n) is 4.30. The topological polar surface area (TPSA) is 21.3 Å². The molecule has 1 aliphatic carbocycles. The first-order valence-corrected chi connectivity index (χ1v) is 7.73. The van der Waals surface area contributed by atoms with Crippen LogP contribution in [0.2, 0.25) is 0 Å². The van der Waals surface area contributed by atoms with Crippen LogP contribution in [0.5, 0.6) is 5.75 Å². The summed E-state index contributed by atoms with van der Waals surface area (Å²) in [5, 5.41) is 3.81. The van der Waals surface area contributed by atoms with Crippen molar-refractivity contribution in [1.82, 2.24) is 5.32 Å². The number of rotatable bonds is 6. The number of nitrogens with one attached hydrogen (secondary N) is 1. The van der Waals surface area contributed by atoms with Gasteiger partial charge in [-0.2, -0.15) is 0 Å². The van der Waals surface area contributed by atoms with Crippen molar-refractivity contribution in [3.05, 3.63) is 65.7 Å². The van der Waals surface area contributed by atoms with E-state index in [2.05, 4.69) is 66.8 Å². The fourth-order valence-corrected chi connectivity index (χ4v) is 2.85. The molecule has 0 bridgehead atoms. The van der Waals surface area contributed by atoms with Gasteiger partial charge in [-0.05, 0) is 48.9 Å². The van der Waals surface area contributed by atoms with Crippen LogP contribution < -0.4 is 10.1 Å². The zero-order valence-corrected chi connectivity index (χ0v) is 12.8. The SMILES string of the molecule is COc1ccc(C(N[C@@H](C)c2ccccc2)C2CC2)cc1. The molecule has 1 unspecified atom stereocenters. The molecule has 0 amide bonds. The standard InChI is InChI=1S/C19H23NO/c1-14(15-6-4-3-5-7-15)20-19(16-8-9-16)17-10-12-18(21-2)13-11-17/h3-7,10-14,16,19-20H,8-9H2,1-2H3/t14-,19?/m0/s1. The van der Waals surface area contributed by atoms with Crippen molar-refractivity contribution in [2.45, 2.75) is 31.8 Å². The van der Waals surface area contributed by atoms with Crippen molar-refractivity contribution < 1.29 is 4.74 Å². The van der Waals surface area contributed by atoms with Gasteiger partial charge in [-0.25, -0.2) is 0 Å². The van der Waals surface area contributed by atoms with E-state index < -0.39 is 0 Å². The first kappa shape index (κ1) is 14.2. The fraction of sp³-hybridized carbons (Fsp3) is 0.368. The van der Waals surface area contributed by atoms with Gasteiger partial charge < -0.3 is 10.1 Å². The maximum atomic E-state index is 5.26. The van der Waals surface area contributed by atoms with Crippen molar-refractivity contribution in [2.75, 3.05) is 7.11 Å². The molecule has 0 spiro atoms. The second-order valence-corrected chi connectivity index (χ2v) is 5.89. The molecule has 21 heavy (non-hydrogen) atoms. The fourth-order valence-electron chi connectivity index (χ4n) is 2.85. The van der Waals surface area contributed by atoms with Crippen LogP contribution in [-0.4, -0.2) is 7.11 Å². The van der Waals surface area contributed by atoms with Gasteiger partial charge >= 0.3 is 0 Å². The lowest BCUT2D eigenvalue weighted by Gasteiger charge is -2.24. The van der Waals surface area contributed by atoms with Gasteiger partial charge in [0, 0.05) is 12.1 Å². The molecular formula is C19H23NO. The highest BCUT2D eigenvalue weighted by Crippen LogP contribution is 2.42. The quantitative estimate of drug-likeness (QED) is 0.842. The second-order valence-electron chi connectivity index (χ2n) is 5.89. The van der Waals surface area contributed by atoms with Crippen molar-refractivity contribution in [2.24, 2.45) is 5.92 Å². The highest BCUT2D eigenvalue weighted by atomic mass is 16.5. The lowest BCUT2D eigenvalue weighted by atomic mass is 9.99. The summed E-state index contributed by atoms with van der Waals surface area (Å²) in [6.45, 7) is 2.24. The van der Waals surface area contributed by atoms with Gasteiger partial charge in [0.1, 0.15) is 5.75 Å². The Morgan fingerprint density at radius 2 is 1.62 bits per heavy atom. The van der Waals surface area contributed by atoms with E-state index in [9.17, 15) is 0 Å². The normalized spacial score (nSPS) is 17.2. The van der Waals surface area contributed by atoms with E-state index in [4.69, 9.17) is 4.74 Å². The molecule has 2 heteroatoms. The largest absolute Gasteiger partial charge is 0.497 e. The lowest BCUT2D eigenvalue weighted by Crippen LogP contribution is -2.26. The smallest absolute Gasteiger partial charge is 0.118 e. The molecule has 0 heterocycles. The summed E-state index contributed by atoms with van der Waals surface area (Å²) in [6, 6.07) is 19.9. The molecule has 0 radical (unpaired) electrons. The molecule has 1 aliphatic rings. The maximum absolute atomic E-state index is 5.26. The Balaban J connectivity index is 1.75. The summed E-state index contributed by atoms with van der Waals surface area (Å²) < 4.78 is 5.26. The third kappa shape index (κ3) is 3.45. The first-order chi connectivity index (χ1) is 10.3. The Morgan fingerprint density at radius 1 is 0.952 bits per heavy atom. The van der Waals surface area contributed by atoms with E-state index in [1.54, 1.807) is 7.11 Å². The third-order valence-corrected chi connectivity index (χ3v) is 4.30. The van der Waals surface area contributed by atoms with Crippen LogP contribution in [0.25, 0.3) is 0 Å². The van der Waals surface area contributed by atoms with Gasteiger partial charge in [0.2, 0.25) is 0 Å². The van der Waals surface area contributed by atoms with Crippen LogP contribution >= 0.6 is 0 Å². The number of methoxy groups -OCH3 is 1. The summed E-state index contributed by atoms with van der Waals surface area (Å²) in [4.78, 5) is 0. The van der Waals surface area contributed by atoms with E-state index in [0.29, 0.717) is 12.1 Å². The molecule has 1 N–H and O–H groups in total. The average Bonchev–Trinajstić information content (AvgIpc) is 3.38. The number of benzene rings is 2. The minimum Gasteiger partial charge on any atom is -0.497 e. The van der Waals surface area contributed by atoms with Crippen LogP contribution in [0.1, 0.15) is 43.0 Å². The molecular weight excluding hydrogens is 258 g/mol. The molecule has 1 saturated carbocycles. The molecule has 1 fully saturated rings. The predicted molar refractivity (Wildman–Crippen MR) is 86.5 cm³/mol. The molecule has 2 aromatic carbocycles. The van der Waals surface area contributed by atoms with E-state index in [-0.39, 0.29) is 0 Å². The highest BCUT2D eigenvalue weighted by molar-refractivity contribution is 5.30. The summed E-state index contributed by atoms with van der Waals surface area (Å²) in [7, 11) is 1.71. The van der Waals surface area contributed by atoms with Gasteiger partial charge in [-0.3, -0.25) is 0 Å². The molecule has 2 nitrogen and oxygen atoms in total. The molecule has 0 aromatic heterocycles. The minimum atomic E-state index is 0.360. The molecule has 0 aliphatic heterocycles. The Labute approximate surface area is 127 Å². The molecule has 0 saturated heterocycles. The van der Waals surface area contributed by atoms with Crippen molar-refractivity contribution in [1.29, 1.82) is 0 Å². The van der Waals surface area contributed by atoms with Crippen LogP contribution in [0.15, 0.2) is 54.6 Å². The van der Waals surface area contributed by atoms with Crippen molar-refractivity contribution in [3.63, 3.8) is 0 Å². The molecule has 110 valence electrons. The number of hydrogen-bond donors (Lipinski definition) is 1. The van der Waals surface area contributed by atoms with Gasteiger partial charge in [0.15, 0.2) is 0 Å². The highest BCUT2D eigenvalue weighted by Gasteiger charge is 2.33. The molecule has 2 atom stereocenters. The monoisotopic (exact) mass is 281 g/mol. The Bertz CT molecular complexity index is 560. The molecule has 3 rings (SSSR count). The van der Waals surface area contributed by atoms with Crippen molar-refractivity contribution in [3.8, 4) is 5.75 Å². The summed E-state index contributed by atoms with van der Waals surface area (Å²) in [5.41, 5.74) is 2.71. The summed E-state index contributed by atoms with van der Waals surface area (Å²) in [6.07, 6.45) is 2.65. The Morgan fingerprint density at radius 3 is 2.19 bits per heavy atom. The maximum Gasteiger partial charge on any atom is 0.118 e. The van der Waals surface area contributed by atoms with Crippen LogP contribution in [-0.2, 0) is 0 Å². The zero-order valence-electron chi connectivity index (χ0n) is 12.8. The predicted octanol–water partition coefficient (Wildman–Crippen LogP) is 4.50. The van der Waals surface area contributed by atoms with Gasteiger partial charge in [-0.1, -0.05) is 42.5 Å². The van der Waals surface area contributed by atoms with Gasteiger partial charge in [-0.15, -0.1) is 0 Å². The van der Waals surface area contributed by atoms with Crippen LogP contribution in [0, 0.1) is 5.92 Å². The van der Waals surface area contributed by atoms with E-state index in [1.807, 2.05) is 0 Å². The minimum absolute atomic E-state index is 0.360. The first-order valence-electron chi connectivity index (χ1n) is 7.73. The molecule has 2 aromatic rings. The summed E-state index contributed by atoms with van der Waals surface area (Å²) >= 11 is 0. The lowest BCUT2D eigenvalue weighted by molar-refractivity contribution is 0.411. The van der Waals surface area contributed by atoms with Crippen LogP contribution in [0.3, 0.4) is 0 Å². The van der Waals surface area contributed by atoms with Crippen molar-refractivity contribution >= 4 is 0 Å². The Hall–Kier alpha value is -1.80. The van der Waals surface area contributed by atoms with Gasteiger partial charge in [0.25, 0.3) is 0 Å². The van der Waals surface area contributed by atoms with E-state index in [1.165, 1.54) is 24.0 Å². The average molecular weight is 281 g/mol. The van der Waals surface area contributed by atoms with E-state index >= 15 is 0 Å². The van der Waals surface area contributed by atoms with E-state index in [0.717, 1.165) is 11.7 Å². The second kappa shape index (κ2) is 6.31. The number of ether oxygens (including phenoxy) is 1. The number of hydrogen-bond acceptors (Lipinski definition) is 2. The van der Waals surface area contributed by atoms with Crippen LogP contribution in [0.4, 0.5) is 0 Å². The Kier molecular flexibility index (Phi) is 4.26. The zero-order chi connectivity index (χ0) is 14.7.